The van der Waals surface area contributed by atoms with Crippen LogP contribution in [0.2, 0.25) is 0 Å². The number of thiophene rings is 2. The van der Waals surface area contributed by atoms with E-state index in [-0.39, 0.29) is 0 Å². The summed E-state index contributed by atoms with van der Waals surface area (Å²) in [5.74, 6) is 0. The normalized spacial score (nSPS) is 19.5. The minimum atomic E-state index is 0.474. The van der Waals surface area contributed by atoms with Gasteiger partial charge in [-0.05, 0) is 41.1 Å². The minimum Gasteiger partial charge on any atom is -0.308 e. The zero-order valence-corrected chi connectivity index (χ0v) is 14.4. The van der Waals surface area contributed by atoms with Crippen molar-refractivity contribution in [3.05, 3.63) is 44.8 Å². The van der Waals surface area contributed by atoms with Gasteiger partial charge in [-0.25, -0.2) is 0 Å². The Kier molecular flexibility index (Phi) is 5.15. The Bertz CT molecular complexity index is 509. The van der Waals surface area contributed by atoms with Crippen molar-refractivity contribution in [2.75, 3.05) is 6.54 Å². The molecule has 3 heteroatoms. The predicted octanol–water partition coefficient (Wildman–Crippen LogP) is 5.65. The Balaban J connectivity index is 1.64. The van der Waals surface area contributed by atoms with Gasteiger partial charge in [0.15, 0.2) is 0 Å². The Labute approximate surface area is 136 Å². The highest BCUT2D eigenvalue weighted by molar-refractivity contribution is 7.10. The smallest absolute Gasteiger partial charge is 0.0463 e. The van der Waals surface area contributed by atoms with Crippen LogP contribution in [0.5, 0.6) is 0 Å². The second-order valence-corrected chi connectivity index (χ2v) is 8.62. The molecule has 1 unspecified atom stereocenters. The fourth-order valence-electron chi connectivity index (χ4n) is 3.34. The second kappa shape index (κ2) is 7.08. The molecule has 3 rings (SSSR count). The van der Waals surface area contributed by atoms with Crippen molar-refractivity contribution in [3.8, 4) is 0 Å². The van der Waals surface area contributed by atoms with E-state index in [1.165, 1.54) is 41.9 Å². The SMILES string of the molecule is CC1(CNC(Cc2cccs2)c2cccs2)CCCCC1. The summed E-state index contributed by atoms with van der Waals surface area (Å²) in [6, 6.07) is 9.34. The molecule has 0 aromatic carbocycles. The third-order valence-electron chi connectivity index (χ3n) is 4.71. The molecule has 2 aromatic heterocycles. The average Bonchev–Trinajstić information content (AvgIpc) is 3.17. The van der Waals surface area contributed by atoms with Crippen molar-refractivity contribution in [2.45, 2.75) is 51.5 Å². The van der Waals surface area contributed by atoms with Crippen molar-refractivity contribution in [3.63, 3.8) is 0 Å². The van der Waals surface area contributed by atoms with E-state index in [2.05, 4.69) is 47.3 Å². The third-order valence-corrected chi connectivity index (χ3v) is 6.59. The van der Waals surface area contributed by atoms with Gasteiger partial charge in [-0.3, -0.25) is 0 Å². The molecule has 2 aromatic rings. The van der Waals surface area contributed by atoms with E-state index in [4.69, 9.17) is 0 Å². The van der Waals surface area contributed by atoms with Crippen LogP contribution < -0.4 is 5.32 Å². The zero-order chi connectivity index (χ0) is 14.5. The fourth-order valence-corrected chi connectivity index (χ4v) is 4.90. The zero-order valence-electron chi connectivity index (χ0n) is 12.8. The standard InChI is InChI=1S/C18H25NS2/c1-18(9-3-2-4-10-18)14-19-16(17-8-6-12-21-17)13-15-7-5-11-20-15/h5-8,11-12,16,19H,2-4,9-10,13-14H2,1H3. The summed E-state index contributed by atoms with van der Waals surface area (Å²) in [4.78, 5) is 2.96. The van der Waals surface area contributed by atoms with Gasteiger partial charge in [-0.2, -0.15) is 0 Å². The lowest BCUT2D eigenvalue weighted by Gasteiger charge is -2.35. The molecule has 1 fully saturated rings. The molecule has 0 saturated heterocycles. The maximum Gasteiger partial charge on any atom is 0.0463 e. The summed E-state index contributed by atoms with van der Waals surface area (Å²) in [6.45, 7) is 3.62. The molecule has 0 radical (unpaired) electrons. The molecule has 0 amide bonds. The van der Waals surface area contributed by atoms with Gasteiger partial charge in [-0.1, -0.05) is 38.3 Å². The molecular weight excluding hydrogens is 294 g/mol. The fraction of sp³-hybridized carbons (Fsp3) is 0.556. The average molecular weight is 320 g/mol. The summed E-state index contributed by atoms with van der Waals surface area (Å²) in [6.07, 6.45) is 8.14. The highest BCUT2D eigenvalue weighted by atomic mass is 32.1. The van der Waals surface area contributed by atoms with E-state index in [0.717, 1.165) is 13.0 Å². The van der Waals surface area contributed by atoms with Crippen LogP contribution in [0.15, 0.2) is 35.0 Å². The van der Waals surface area contributed by atoms with E-state index >= 15 is 0 Å². The van der Waals surface area contributed by atoms with Crippen LogP contribution >= 0.6 is 22.7 Å². The highest BCUT2D eigenvalue weighted by Crippen LogP contribution is 2.36. The Hall–Kier alpha value is -0.640. The maximum absolute atomic E-state index is 3.89. The van der Waals surface area contributed by atoms with Crippen molar-refractivity contribution in [1.29, 1.82) is 0 Å². The molecule has 1 saturated carbocycles. The van der Waals surface area contributed by atoms with Crippen molar-refractivity contribution in [2.24, 2.45) is 5.41 Å². The quantitative estimate of drug-likeness (QED) is 0.725. The van der Waals surface area contributed by atoms with Gasteiger partial charge in [-0.15, -0.1) is 22.7 Å². The van der Waals surface area contributed by atoms with Gasteiger partial charge in [0.1, 0.15) is 0 Å². The molecule has 0 spiro atoms. The molecule has 1 aliphatic rings. The highest BCUT2D eigenvalue weighted by Gasteiger charge is 2.27. The summed E-state index contributed by atoms with van der Waals surface area (Å²) in [5.41, 5.74) is 0.503. The topological polar surface area (TPSA) is 12.0 Å². The van der Waals surface area contributed by atoms with Crippen molar-refractivity contribution in [1.82, 2.24) is 5.32 Å². The number of rotatable bonds is 6. The predicted molar refractivity (Wildman–Crippen MR) is 94.3 cm³/mol. The molecule has 1 atom stereocenters. The van der Waals surface area contributed by atoms with E-state index < -0.39 is 0 Å². The van der Waals surface area contributed by atoms with Gasteiger partial charge in [0.2, 0.25) is 0 Å². The molecule has 1 nitrogen and oxygen atoms in total. The van der Waals surface area contributed by atoms with Crippen molar-refractivity contribution < 1.29 is 0 Å². The Morgan fingerprint density at radius 1 is 1.10 bits per heavy atom. The first kappa shape index (κ1) is 15.3. The van der Waals surface area contributed by atoms with Gasteiger partial charge >= 0.3 is 0 Å². The summed E-state index contributed by atoms with van der Waals surface area (Å²) >= 11 is 3.75. The van der Waals surface area contributed by atoms with Gasteiger partial charge in [0.25, 0.3) is 0 Å². The number of hydrogen-bond acceptors (Lipinski definition) is 3. The monoisotopic (exact) mass is 319 g/mol. The molecule has 114 valence electrons. The second-order valence-electron chi connectivity index (χ2n) is 6.60. The molecular formula is C18H25NS2. The number of hydrogen-bond donors (Lipinski definition) is 1. The van der Waals surface area contributed by atoms with E-state index in [9.17, 15) is 0 Å². The van der Waals surface area contributed by atoms with Crippen LogP contribution in [0.4, 0.5) is 0 Å². The van der Waals surface area contributed by atoms with Crippen molar-refractivity contribution >= 4 is 22.7 Å². The Morgan fingerprint density at radius 3 is 2.52 bits per heavy atom. The summed E-state index contributed by atoms with van der Waals surface area (Å²) in [7, 11) is 0. The molecule has 0 aliphatic heterocycles. The lowest BCUT2D eigenvalue weighted by Crippen LogP contribution is -2.36. The molecule has 1 N–H and O–H groups in total. The van der Waals surface area contributed by atoms with Crippen LogP contribution in [0.3, 0.4) is 0 Å². The summed E-state index contributed by atoms with van der Waals surface area (Å²) < 4.78 is 0. The molecule has 1 aliphatic carbocycles. The van der Waals surface area contributed by atoms with Gasteiger partial charge in [0, 0.05) is 28.8 Å². The molecule has 0 bridgehead atoms. The van der Waals surface area contributed by atoms with Gasteiger partial charge in [0.05, 0.1) is 0 Å². The number of nitrogens with one attached hydrogen (secondary N) is 1. The minimum absolute atomic E-state index is 0.474. The lowest BCUT2D eigenvalue weighted by atomic mass is 9.75. The van der Waals surface area contributed by atoms with E-state index in [1.54, 1.807) is 0 Å². The van der Waals surface area contributed by atoms with Crippen LogP contribution in [0.1, 0.15) is 54.8 Å². The molecule has 2 heterocycles. The summed E-state index contributed by atoms with van der Waals surface area (Å²) in [5, 5.41) is 8.27. The van der Waals surface area contributed by atoms with Gasteiger partial charge < -0.3 is 5.32 Å². The lowest BCUT2D eigenvalue weighted by molar-refractivity contribution is 0.200. The van der Waals surface area contributed by atoms with Crippen LogP contribution in [-0.4, -0.2) is 6.54 Å². The van der Waals surface area contributed by atoms with E-state index in [0.29, 0.717) is 11.5 Å². The third kappa shape index (κ3) is 4.18. The van der Waals surface area contributed by atoms with E-state index in [1.807, 2.05) is 22.7 Å². The first-order valence-corrected chi connectivity index (χ1v) is 9.80. The maximum atomic E-state index is 3.89. The van der Waals surface area contributed by atoms with Crippen LogP contribution in [0.25, 0.3) is 0 Å². The van der Waals surface area contributed by atoms with Crippen LogP contribution in [0, 0.1) is 5.41 Å². The largest absolute Gasteiger partial charge is 0.308 e. The molecule has 21 heavy (non-hydrogen) atoms. The Morgan fingerprint density at radius 2 is 1.86 bits per heavy atom. The first-order chi connectivity index (χ1) is 10.3. The first-order valence-electron chi connectivity index (χ1n) is 8.04. The van der Waals surface area contributed by atoms with Crippen LogP contribution in [-0.2, 0) is 6.42 Å².